The van der Waals surface area contributed by atoms with Gasteiger partial charge in [0.15, 0.2) is 0 Å². The molecule has 0 aliphatic carbocycles. The number of hydrogen-bond donors (Lipinski definition) is 2. The second kappa shape index (κ2) is 4.31. The van der Waals surface area contributed by atoms with Gasteiger partial charge in [0.1, 0.15) is 0 Å². The van der Waals surface area contributed by atoms with Crippen LogP contribution in [0.5, 0.6) is 0 Å². The van der Waals surface area contributed by atoms with Gasteiger partial charge in [-0.25, -0.2) is 5.01 Å². The van der Waals surface area contributed by atoms with Crippen molar-refractivity contribution in [1.82, 2.24) is 15.8 Å². The van der Waals surface area contributed by atoms with Gasteiger partial charge < -0.3 is 5.32 Å². The number of rotatable bonds is 3. The Morgan fingerprint density at radius 3 is 3.09 bits per heavy atom. The molecular weight excluding hydrogens is 142 g/mol. The largest absolute Gasteiger partial charge is 0.359 e. The Morgan fingerprint density at radius 1 is 1.73 bits per heavy atom. The van der Waals surface area contributed by atoms with E-state index in [2.05, 4.69) is 15.8 Å². The summed E-state index contributed by atoms with van der Waals surface area (Å²) in [5, 5.41) is 4.69. The number of carbonyl (C=O) groups is 1. The van der Waals surface area contributed by atoms with E-state index in [9.17, 15) is 4.79 Å². The predicted octanol–water partition coefficient (Wildman–Crippen LogP) is -0.667. The van der Waals surface area contributed by atoms with Crippen LogP contribution in [0, 0.1) is 0 Å². The van der Waals surface area contributed by atoms with Crippen LogP contribution < -0.4 is 10.7 Å². The van der Waals surface area contributed by atoms with Crippen molar-refractivity contribution in [1.29, 1.82) is 0 Å². The van der Waals surface area contributed by atoms with Crippen molar-refractivity contribution < 1.29 is 4.79 Å². The van der Waals surface area contributed by atoms with Gasteiger partial charge in [0, 0.05) is 33.1 Å². The van der Waals surface area contributed by atoms with E-state index in [1.807, 2.05) is 0 Å². The second-order valence-corrected chi connectivity index (χ2v) is 2.67. The molecule has 64 valence electrons. The monoisotopic (exact) mass is 157 g/mol. The molecule has 0 aromatic carbocycles. The van der Waals surface area contributed by atoms with Crippen LogP contribution in [0.1, 0.15) is 12.8 Å². The molecule has 0 atom stereocenters. The van der Waals surface area contributed by atoms with Gasteiger partial charge in [-0.3, -0.25) is 10.2 Å². The molecule has 0 saturated carbocycles. The van der Waals surface area contributed by atoms with Crippen LogP contribution in [-0.4, -0.2) is 37.6 Å². The van der Waals surface area contributed by atoms with Crippen LogP contribution >= 0.6 is 0 Å². The van der Waals surface area contributed by atoms with E-state index >= 15 is 0 Å². The van der Waals surface area contributed by atoms with Crippen molar-refractivity contribution in [3.8, 4) is 0 Å². The first-order valence-electron chi connectivity index (χ1n) is 4.02. The van der Waals surface area contributed by atoms with Crippen molar-refractivity contribution in [2.24, 2.45) is 0 Å². The predicted molar refractivity (Wildman–Crippen MR) is 42.9 cm³/mol. The number of amides is 1. The Kier molecular flexibility index (Phi) is 3.32. The summed E-state index contributed by atoms with van der Waals surface area (Å²) in [6, 6.07) is 0. The Morgan fingerprint density at radius 2 is 2.55 bits per heavy atom. The highest BCUT2D eigenvalue weighted by Gasteiger charge is 2.10. The molecular formula is C7H15N3O. The third kappa shape index (κ3) is 2.86. The molecule has 0 unspecified atom stereocenters. The van der Waals surface area contributed by atoms with E-state index in [4.69, 9.17) is 0 Å². The second-order valence-electron chi connectivity index (χ2n) is 2.67. The van der Waals surface area contributed by atoms with Crippen molar-refractivity contribution in [2.45, 2.75) is 12.8 Å². The van der Waals surface area contributed by atoms with Crippen LogP contribution in [0.2, 0.25) is 0 Å². The number of hydrogen-bond acceptors (Lipinski definition) is 3. The molecule has 0 bridgehead atoms. The van der Waals surface area contributed by atoms with Gasteiger partial charge in [-0.05, 0) is 6.42 Å². The van der Waals surface area contributed by atoms with Crippen molar-refractivity contribution >= 4 is 5.91 Å². The molecule has 0 aromatic rings. The first kappa shape index (κ1) is 8.49. The van der Waals surface area contributed by atoms with E-state index < -0.39 is 0 Å². The maximum atomic E-state index is 10.8. The summed E-state index contributed by atoms with van der Waals surface area (Å²) in [4.78, 5) is 10.8. The van der Waals surface area contributed by atoms with Crippen LogP contribution in [0.3, 0.4) is 0 Å². The molecule has 1 amide bonds. The van der Waals surface area contributed by atoms with E-state index in [1.165, 1.54) is 6.42 Å². The molecule has 1 aliphatic rings. The standard InChI is InChI=1S/C7H15N3O/c1-8-7(11)3-6-10-5-2-4-9-10/h9H,2-6H2,1H3,(H,8,11). The molecule has 4 heteroatoms. The number of nitrogens with zero attached hydrogens (tertiary/aromatic N) is 1. The fourth-order valence-electron chi connectivity index (χ4n) is 1.14. The molecule has 2 N–H and O–H groups in total. The van der Waals surface area contributed by atoms with E-state index in [0.29, 0.717) is 6.42 Å². The topological polar surface area (TPSA) is 44.4 Å². The zero-order valence-corrected chi connectivity index (χ0v) is 6.89. The summed E-state index contributed by atoms with van der Waals surface area (Å²) in [5.74, 6) is 0.110. The van der Waals surface area contributed by atoms with Gasteiger partial charge in [0.25, 0.3) is 0 Å². The van der Waals surface area contributed by atoms with Crippen molar-refractivity contribution in [2.75, 3.05) is 26.7 Å². The van der Waals surface area contributed by atoms with Crippen LogP contribution in [-0.2, 0) is 4.79 Å². The third-order valence-electron chi connectivity index (χ3n) is 1.83. The van der Waals surface area contributed by atoms with E-state index in [0.717, 1.165) is 19.6 Å². The Hall–Kier alpha value is -0.610. The average molecular weight is 157 g/mol. The van der Waals surface area contributed by atoms with Crippen LogP contribution in [0.25, 0.3) is 0 Å². The molecule has 1 saturated heterocycles. The van der Waals surface area contributed by atoms with E-state index in [1.54, 1.807) is 7.05 Å². The summed E-state index contributed by atoms with van der Waals surface area (Å²) in [6.07, 6.45) is 1.78. The fourth-order valence-corrected chi connectivity index (χ4v) is 1.14. The third-order valence-corrected chi connectivity index (χ3v) is 1.83. The van der Waals surface area contributed by atoms with Gasteiger partial charge in [0.05, 0.1) is 0 Å². The van der Waals surface area contributed by atoms with Crippen molar-refractivity contribution in [3.63, 3.8) is 0 Å². The normalized spacial score (nSPS) is 18.6. The van der Waals surface area contributed by atoms with Crippen LogP contribution in [0.15, 0.2) is 0 Å². The minimum atomic E-state index is 0.110. The molecule has 1 heterocycles. The highest BCUT2D eigenvalue weighted by atomic mass is 16.1. The first-order chi connectivity index (χ1) is 5.33. The van der Waals surface area contributed by atoms with Gasteiger partial charge in [-0.2, -0.15) is 0 Å². The first-order valence-corrected chi connectivity index (χ1v) is 4.02. The lowest BCUT2D eigenvalue weighted by atomic mass is 10.4. The molecule has 0 aromatic heterocycles. The highest BCUT2D eigenvalue weighted by Crippen LogP contribution is 1.96. The minimum absolute atomic E-state index is 0.110. The summed E-state index contributed by atoms with van der Waals surface area (Å²) in [5.41, 5.74) is 3.19. The maximum Gasteiger partial charge on any atom is 0.221 e. The van der Waals surface area contributed by atoms with Gasteiger partial charge in [-0.15, -0.1) is 0 Å². The molecule has 0 radical (unpaired) electrons. The quantitative estimate of drug-likeness (QED) is 0.571. The summed E-state index contributed by atoms with van der Waals surface area (Å²) >= 11 is 0. The SMILES string of the molecule is CNC(=O)CCN1CCCN1. The minimum Gasteiger partial charge on any atom is -0.359 e. The summed E-state index contributed by atoms with van der Waals surface area (Å²) in [6.45, 7) is 2.93. The highest BCUT2D eigenvalue weighted by molar-refractivity contribution is 5.75. The summed E-state index contributed by atoms with van der Waals surface area (Å²) < 4.78 is 0. The zero-order valence-electron chi connectivity index (χ0n) is 6.89. The molecule has 1 aliphatic heterocycles. The van der Waals surface area contributed by atoms with Gasteiger partial charge in [-0.1, -0.05) is 0 Å². The molecule has 1 rings (SSSR count). The molecule has 1 fully saturated rings. The van der Waals surface area contributed by atoms with Crippen molar-refractivity contribution in [3.05, 3.63) is 0 Å². The lowest BCUT2D eigenvalue weighted by Gasteiger charge is -2.13. The molecule has 4 nitrogen and oxygen atoms in total. The fraction of sp³-hybridized carbons (Fsp3) is 0.857. The van der Waals surface area contributed by atoms with Gasteiger partial charge >= 0.3 is 0 Å². The lowest BCUT2D eigenvalue weighted by Crippen LogP contribution is -2.34. The maximum absolute atomic E-state index is 10.8. The van der Waals surface area contributed by atoms with Gasteiger partial charge in [0.2, 0.25) is 5.91 Å². The Labute approximate surface area is 66.9 Å². The Bertz CT molecular complexity index is 132. The smallest absolute Gasteiger partial charge is 0.221 e. The number of hydrazine groups is 1. The average Bonchev–Trinajstić information content (AvgIpc) is 2.52. The number of carbonyl (C=O) groups excluding carboxylic acids is 1. The zero-order chi connectivity index (χ0) is 8.10. The lowest BCUT2D eigenvalue weighted by molar-refractivity contribution is -0.121. The molecule has 0 spiro atoms. The van der Waals surface area contributed by atoms with Crippen LogP contribution in [0.4, 0.5) is 0 Å². The number of nitrogens with one attached hydrogen (secondary N) is 2. The Balaban J connectivity index is 2.06. The van der Waals surface area contributed by atoms with E-state index in [-0.39, 0.29) is 5.91 Å². The summed E-state index contributed by atoms with van der Waals surface area (Å²) in [7, 11) is 1.67. The molecule has 11 heavy (non-hydrogen) atoms.